The number of aromatic nitrogens is 2. The van der Waals surface area contributed by atoms with E-state index in [4.69, 9.17) is 14.2 Å². The molecule has 0 radical (unpaired) electrons. The highest BCUT2D eigenvalue weighted by molar-refractivity contribution is 5.44. The number of nitrogens with zero attached hydrogens (tertiary/aromatic N) is 3. The summed E-state index contributed by atoms with van der Waals surface area (Å²) < 4.78 is 18.3. The van der Waals surface area contributed by atoms with Gasteiger partial charge in [0.05, 0.1) is 31.6 Å². The van der Waals surface area contributed by atoms with Crippen LogP contribution in [0.3, 0.4) is 0 Å². The Balaban J connectivity index is 1.16. The molecule has 1 saturated heterocycles. The van der Waals surface area contributed by atoms with Crippen molar-refractivity contribution >= 4 is 0 Å². The summed E-state index contributed by atoms with van der Waals surface area (Å²) in [4.78, 5) is 2.22. The molecule has 3 heterocycles. The smallest absolute Gasteiger partial charge is 0.231 e. The van der Waals surface area contributed by atoms with Gasteiger partial charge in [0.25, 0.3) is 0 Å². The van der Waals surface area contributed by atoms with Crippen LogP contribution in [0.15, 0.2) is 30.6 Å². The molecule has 1 atom stereocenters. The zero-order valence-electron chi connectivity index (χ0n) is 14.3. The molecule has 0 bridgehead atoms. The van der Waals surface area contributed by atoms with E-state index in [-0.39, 0.29) is 6.79 Å². The molecule has 2 aliphatic heterocycles. The Labute approximate surface area is 146 Å². The van der Waals surface area contributed by atoms with Gasteiger partial charge in [0.15, 0.2) is 11.5 Å². The van der Waals surface area contributed by atoms with Gasteiger partial charge in [-0.1, -0.05) is 6.07 Å². The first-order valence-corrected chi connectivity index (χ1v) is 8.55. The second kappa shape index (κ2) is 7.03. The fourth-order valence-electron chi connectivity index (χ4n) is 3.19. The number of β-amino-alcohol motifs (C(OH)–C–C–N with tert-alkyl or cyclic N) is 1. The van der Waals surface area contributed by atoms with Crippen LogP contribution >= 0.6 is 0 Å². The van der Waals surface area contributed by atoms with Gasteiger partial charge in [-0.15, -0.1) is 0 Å². The lowest BCUT2D eigenvalue weighted by molar-refractivity contribution is -0.0134. The molecule has 0 amide bonds. The van der Waals surface area contributed by atoms with Crippen molar-refractivity contribution in [1.82, 2.24) is 14.7 Å². The summed E-state index contributed by atoms with van der Waals surface area (Å²) in [6.07, 6.45) is 3.45. The van der Waals surface area contributed by atoms with Gasteiger partial charge in [0, 0.05) is 25.8 Å². The molecule has 0 aliphatic carbocycles. The molecular weight excluding hydrogens is 322 g/mol. The number of fused-ring (bicyclic) bond motifs is 1. The zero-order valence-corrected chi connectivity index (χ0v) is 14.3. The Kier molecular flexibility index (Phi) is 4.61. The Morgan fingerprint density at radius 1 is 1.32 bits per heavy atom. The van der Waals surface area contributed by atoms with Crippen molar-refractivity contribution < 1.29 is 19.3 Å². The van der Waals surface area contributed by atoms with Crippen LogP contribution in [0, 0.1) is 6.92 Å². The molecule has 2 aliphatic rings. The molecule has 1 aromatic heterocycles. The van der Waals surface area contributed by atoms with Gasteiger partial charge in [0.1, 0.15) is 0 Å². The van der Waals surface area contributed by atoms with E-state index in [2.05, 4.69) is 16.2 Å². The lowest BCUT2D eigenvalue weighted by Crippen LogP contribution is -2.51. The standard InChI is InChI=1S/C18H23N3O4/c1-13-5-19-21(6-13)15-7-20(8-15)9-16(22)11-23-10-14-2-3-17-18(4-14)25-12-24-17/h2-6,15-16,22H,7-12H2,1H3/t16-/m0/s1. The number of benzene rings is 1. The molecule has 1 fully saturated rings. The minimum atomic E-state index is -0.491. The second-order valence-electron chi connectivity index (χ2n) is 6.73. The summed E-state index contributed by atoms with van der Waals surface area (Å²) in [6.45, 7) is 5.53. The van der Waals surface area contributed by atoms with Crippen LogP contribution in [0.4, 0.5) is 0 Å². The van der Waals surface area contributed by atoms with Crippen LogP contribution < -0.4 is 9.47 Å². The Hall–Kier alpha value is -2.09. The first-order chi connectivity index (χ1) is 12.2. The van der Waals surface area contributed by atoms with E-state index >= 15 is 0 Å². The van der Waals surface area contributed by atoms with Gasteiger partial charge in [-0.05, 0) is 30.2 Å². The number of hydrogen-bond acceptors (Lipinski definition) is 6. The average molecular weight is 345 g/mol. The summed E-state index contributed by atoms with van der Waals surface area (Å²) in [5, 5.41) is 14.5. The minimum absolute atomic E-state index is 0.271. The van der Waals surface area contributed by atoms with Crippen LogP contribution in [0.2, 0.25) is 0 Å². The van der Waals surface area contributed by atoms with Crippen molar-refractivity contribution in [3.63, 3.8) is 0 Å². The monoisotopic (exact) mass is 345 g/mol. The van der Waals surface area contributed by atoms with E-state index in [1.165, 1.54) is 5.56 Å². The SMILES string of the molecule is Cc1cnn(C2CN(C[C@H](O)COCc3ccc4c(c3)OCO4)C2)c1. The van der Waals surface area contributed by atoms with Crippen molar-refractivity contribution in [3.05, 3.63) is 41.7 Å². The molecule has 25 heavy (non-hydrogen) atoms. The minimum Gasteiger partial charge on any atom is -0.454 e. The third kappa shape index (κ3) is 3.78. The molecule has 1 N–H and O–H groups in total. The molecule has 0 saturated carbocycles. The molecular formula is C18H23N3O4. The Bertz CT molecular complexity index is 727. The maximum Gasteiger partial charge on any atom is 0.231 e. The molecule has 0 spiro atoms. The number of rotatable bonds is 7. The normalized spacial score (nSPS) is 18.3. The summed E-state index contributed by atoms with van der Waals surface area (Å²) in [5.74, 6) is 1.52. The van der Waals surface area contributed by atoms with Crippen molar-refractivity contribution in [2.75, 3.05) is 33.0 Å². The lowest BCUT2D eigenvalue weighted by Gasteiger charge is -2.40. The number of aliphatic hydroxyl groups is 1. The third-order valence-electron chi connectivity index (χ3n) is 4.53. The maximum atomic E-state index is 10.1. The van der Waals surface area contributed by atoms with E-state index < -0.39 is 6.10 Å². The molecule has 134 valence electrons. The molecule has 1 aromatic carbocycles. The van der Waals surface area contributed by atoms with Crippen molar-refractivity contribution in [2.45, 2.75) is 25.7 Å². The van der Waals surface area contributed by atoms with Crippen LogP contribution in [0.25, 0.3) is 0 Å². The first-order valence-electron chi connectivity index (χ1n) is 8.55. The van der Waals surface area contributed by atoms with Crippen molar-refractivity contribution in [3.8, 4) is 11.5 Å². The largest absolute Gasteiger partial charge is 0.454 e. The van der Waals surface area contributed by atoms with Crippen LogP contribution in [0.1, 0.15) is 17.2 Å². The summed E-state index contributed by atoms with van der Waals surface area (Å²) in [5.41, 5.74) is 2.19. The van der Waals surface area contributed by atoms with E-state index in [1.807, 2.05) is 36.0 Å². The second-order valence-corrected chi connectivity index (χ2v) is 6.73. The summed E-state index contributed by atoms with van der Waals surface area (Å²) in [7, 11) is 0. The van der Waals surface area contributed by atoms with Crippen LogP contribution in [-0.2, 0) is 11.3 Å². The van der Waals surface area contributed by atoms with Crippen molar-refractivity contribution in [2.24, 2.45) is 0 Å². The van der Waals surface area contributed by atoms with E-state index in [9.17, 15) is 5.11 Å². The number of ether oxygens (including phenoxy) is 3. The molecule has 7 nitrogen and oxygen atoms in total. The van der Waals surface area contributed by atoms with E-state index in [0.29, 0.717) is 25.8 Å². The molecule has 4 rings (SSSR count). The van der Waals surface area contributed by atoms with Gasteiger partial charge in [-0.3, -0.25) is 9.58 Å². The Morgan fingerprint density at radius 2 is 2.16 bits per heavy atom. The van der Waals surface area contributed by atoms with Gasteiger partial charge < -0.3 is 19.3 Å². The topological polar surface area (TPSA) is 69.0 Å². The van der Waals surface area contributed by atoms with E-state index in [1.54, 1.807) is 0 Å². The number of aliphatic hydroxyl groups excluding tert-OH is 1. The average Bonchev–Trinajstić information content (AvgIpc) is 3.18. The van der Waals surface area contributed by atoms with Crippen LogP contribution in [0.5, 0.6) is 11.5 Å². The Morgan fingerprint density at radius 3 is 2.96 bits per heavy atom. The fourth-order valence-corrected chi connectivity index (χ4v) is 3.19. The highest BCUT2D eigenvalue weighted by Gasteiger charge is 2.29. The van der Waals surface area contributed by atoms with Gasteiger partial charge in [-0.25, -0.2) is 0 Å². The summed E-state index contributed by atoms with van der Waals surface area (Å²) >= 11 is 0. The highest BCUT2D eigenvalue weighted by atomic mass is 16.7. The molecule has 0 unspecified atom stereocenters. The van der Waals surface area contributed by atoms with E-state index in [0.717, 1.165) is 30.2 Å². The number of aryl methyl sites for hydroxylation is 1. The van der Waals surface area contributed by atoms with Gasteiger partial charge in [0.2, 0.25) is 6.79 Å². The van der Waals surface area contributed by atoms with Gasteiger partial charge in [-0.2, -0.15) is 5.10 Å². The summed E-state index contributed by atoms with van der Waals surface area (Å²) in [6, 6.07) is 6.16. The number of hydrogen-bond donors (Lipinski definition) is 1. The molecule has 7 heteroatoms. The first kappa shape index (κ1) is 16.4. The van der Waals surface area contributed by atoms with Crippen LogP contribution in [-0.4, -0.2) is 58.9 Å². The fraction of sp³-hybridized carbons (Fsp3) is 0.500. The highest BCUT2D eigenvalue weighted by Crippen LogP contribution is 2.32. The zero-order chi connectivity index (χ0) is 17.2. The lowest BCUT2D eigenvalue weighted by atomic mass is 10.1. The number of likely N-dealkylation sites (tertiary alicyclic amines) is 1. The third-order valence-corrected chi connectivity index (χ3v) is 4.53. The predicted molar refractivity (Wildman–Crippen MR) is 90.7 cm³/mol. The predicted octanol–water partition coefficient (Wildman–Crippen LogP) is 1.35. The van der Waals surface area contributed by atoms with Gasteiger partial charge >= 0.3 is 0 Å². The maximum absolute atomic E-state index is 10.1. The quantitative estimate of drug-likeness (QED) is 0.817. The van der Waals surface area contributed by atoms with Crippen molar-refractivity contribution in [1.29, 1.82) is 0 Å². The molecule has 2 aromatic rings.